The molecule has 19 heavy (non-hydrogen) atoms. The Bertz CT molecular complexity index is 490. The van der Waals surface area contributed by atoms with E-state index in [-0.39, 0.29) is 6.42 Å². The van der Waals surface area contributed by atoms with Gasteiger partial charge in [-0.25, -0.2) is 4.79 Å². The van der Waals surface area contributed by atoms with Crippen LogP contribution in [-0.2, 0) is 16.0 Å². The molecule has 0 aliphatic heterocycles. The molecule has 2 N–H and O–H groups in total. The molecular formula is C11H9ClF3NO3. The highest BCUT2D eigenvalue weighted by Crippen LogP contribution is 2.16. The number of hydrogen-bond acceptors (Lipinski definition) is 2. The van der Waals surface area contributed by atoms with Crippen LogP contribution in [0.3, 0.4) is 0 Å². The fraction of sp³-hybridized carbons (Fsp3) is 0.273. The first-order valence-electron chi connectivity index (χ1n) is 5.05. The lowest BCUT2D eigenvalue weighted by Crippen LogP contribution is -2.47. The molecule has 0 aromatic heterocycles. The summed E-state index contributed by atoms with van der Waals surface area (Å²) in [5, 5.41) is 10.5. The maximum atomic E-state index is 12.0. The van der Waals surface area contributed by atoms with Crippen molar-refractivity contribution in [3.8, 4) is 0 Å². The summed E-state index contributed by atoms with van der Waals surface area (Å²) in [5.74, 6) is -3.85. The first-order valence-corrected chi connectivity index (χ1v) is 5.43. The molecule has 0 heterocycles. The second-order valence-corrected chi connectivity index (χ2v) is 4.13. The molecule has 0 aliphatic rings. The van der Waals surface area contributed by atoms with Crippen LogP contribution in [0.5, 0.6) is 0 Å². The van der Waals surface area contributed by atoms with Crippen molar-refractivity contribution in [3.05, 3.63) is 34.9 Å². The quantitative estimate of drug-likeness (QED) is 0.893. The molecule has 0 radical (unpaired) electrons. The number of carboxylic acid groups (broad SMARTS) is 1. The van der Waals surface area contributed by atoms with Gasteiger partial charge in [0.25, 0.3) is 0 Å². The number of carbonyl (C=O) groups excluding carboxylic acids is 1. The molecule has 0 unspecified atom stereocenters. The van der Waals surface area contributed by atoms with Crippen molar-refractivity contribution in [2.24, 2.45) is 0 Å². The highest BCUT2D eigenvalue weighted by molar-refractivity contribution is 6.30. The zero-order chi connectivity index (χ0) is 14.6. The van der Waals surface area contributed by atoms with Gasteiger partial charge in [-0.3, -0.25) is 4.79 Å². The van der Waals surface area contributed by atoms with E-state index in [4.69, 9.17) is 16.7 Å². The fourth-order valence-corrected chi connectivity index (χ4v) is 1.55. The minimum absolute atomic E-state index is 0.294. The van der Waals surface area contributed by atoms with E-state index in [1.54, 1.807) is 0 Å². The second kappa shape index (κ2) is 5.92. The van der Waals surface area contributed by atoms with Crippen LogP contribution in [0, 0.1) is 0 Å². The van der Waals surface area contributed by atoms with Crippen molar-refractivity contribution in [3.63, 3.8) is 0 Å². The van der Waals surface area contributed by atoms with Crippen molar-refractivity contribution >= 4 is 23.5 Å². The Hall–Kier alpha value is -1.76. The molecule has 1 rings (SSSR count). The van der Waals surface area contributed by atoms with E-state index < -0.39 is 24.1 Å². The summed E-state index contributed by atoms with van der Waals surface area (Å²) < 4.78 is 36.1. The monoisotopic (exact) mass is 295 g/mol. The van der Waals surface area contributed by atoms with Crippen LogP contribution >= 0.6 is 11.6 Å². The minimum atomic E-state index is -5.12. The van der Waals surface area contributed by atoms with Crippen LogP contribution in [-0.4, -0.2) is 29.2 Å². The van der Waals surface area contributed by atoms with Crippen molar-refractivity contribution in [2.75, 3.05) is 0 Å². The first kappa shape index (κ1) is 15.3. The lowest BCUT2D eigenvalue weighted by molar-refractivity contribution is -0.175. The van der Waals surface area contributed by atoms with Crippen molar-refractivity contribution in [2.45, 2.75) is 18.6 Å². The summed E-state index contributed by atoms with van der Waals surface area (Å²) in [6.45, 7) is 0. The highest BCUT2D eigenvalue weighted by atomic mass is 35.5. The van der Waals surface area contributed by atoms with E-state index >= 15 is 0 Å². The van der Waals surface area contributed by atoms with Gasteiger partial charge in [0.2, 0.25) is 0 Å². The predicted molar refractivity (Wildman–Crippen MR) is 60.8 cm³/mol. The molecule has 1 aromatic rings. The van der Waals surface area contributed by atoms with Gasteiger partial charge in [0.15, 0.2) is 0 Å². The van der Waals surface area contributed by atoms with Crippen LogP contribution in [0.15, 0.2) is 24.3 Å². The fourth-order valence-electron chi connectivity index (χ4n) is 1.34. The number of rotatable bonds is 4. The number of carbonyl (C=O) groups is 2. The number of alkyl halides is 3. The first-order chi connectivity index (χ1) is 8.70. The Morgan fingerprint density at radius 3 is 2.47 bits per heavy atom. The van der Waals surface area contributed by atoms with Gasteiger partial charge in [-0.05, 0) is 17.7 Å². The van der Waals surface area contributed by atoms with Gasteiger partial charge >= 0.3 is 18.1 Å². The van der Waals surface area contributed by atoms with Crippen molar-refractivity contribution < 1.29 is 27.9 Å². The van der Waals surface area contributed by atoms with Gasteiger partial charge in [0.05, 0.1) is 0 Å². The van der Waals surface area contributed by atoms with Crippen LogP contribution in [0.4, 0.5) is 13.2 Å². The highest BCUT2D eigenvalue weighted by Gasteiger charge is 2.40. The van der Waals surface area contributed by atoms with Gasteiger partial charge in [0.1, 0.15) is 6.04 Å². The smallest absolute Gasteiger partial charge is 0.471 e. The minimum Gasteiger partial charge on any atom is -0.480 e. The average Bonchev–Trinajstić information content (AvgIpc) is 2.26. The molecule has 0 aliphatic carbocycles. The molecule has 0 saturated carbocycles. The van der Waals surface area contributed by atoms with Gasteiger partial charge in [0, 0.05) is 11.4 Å². The van der Waals surface area contributed by atoms with E-state index in [9.17, 15) is 22.8 Å². The maximum absolute atomic E-state index is 12.0. The normalized spacial score (nSPS) is 12.8. The number of carboxylic acids is 1. The Labute approximate surface area is 111 Å². The molecular weight excluding hydrogens is 287 g/mol. The third-order valence-corrected chi connectivity index (χ3v) is 2.42. The predicted octanol–water partition coefficient (Wildman–Crippen LogP) is 2.01. The average molecular weight is 296 g/mol. The Kier molecular flexibility index (Phi) is 4.77. The molecule has 104 valence electrons. The molecule has 0 spiro atoms. The number of nitrogens with one attached hydrogen (secondary N) is 1. The number of aliphatic carboxylic acids is 1. The lowest BCUT2D eigenvalue weighted by atomic mass is 10.1. The third kappa shape index (κ3) is 4.78. The summed E-state index contributed by atoms with van der Waals surface area (Å²) in [6, 6.07) is 4.31. The van der Waals surface area contributed by atoms with E-state index in [1.165, 1.54) is 29.6 Å². The Morgan fingerprint density at radius 1 is 1.37 bits per heavy atom. The van der Waals surface area contributed by atoms with Crippen molar-refractivity contribution in [1.82, 2.24) is 5.32 Å². The van der Waals surface area contributed by atoms with Crippen LogP contribution < -0.4 is 5.32 Å². The van der Waals surface area contributed by atoms with Crippen LogP contribution in [0.25, 0.3) is 0 Å². The molecule has 4 nitrogen and oxygen atoms in total. The molecule has 1 atom stereocenters. The molecule has 0 bridgehead atoms. The lowest BCUT2D eigenvalue weighted by Gasteiger charge is -2.15. The standard InChI is InChI=1S/C11H9ClF3NO3/c12-7-3-1-2-6(4-7)5-8(9(17)18)16-10(19)11(13,14)15/h1-4,8H,5H2,(H,16,19)(H,17,18)/t8-/m1/s1. The number of benzene rings is 1. The second-order valence-electron chi connectivity index (χ2n) is 3.70. The topological polar surface area (TPSA) is 66.4 Å². The summed E-state index contributed by atoms with van der Waals surface area (Å²) in [4.78, 5) is 21.5. The summed E-state index contributed by atoms with van der Waals surface area (Å²) in [5.41, 5.74) is 0.405. The van der Waals surface area contributed by atoms with Gasteiger partial charge in [-0.2, -0.15) is 13.2 Å². The molecule has 0 fully saturated rings. The Balaban J connectivity index is 2.80. The molecule has 1 aromatic carbocycles. The summed E-state index contributed by atoms with van der Waals surface area (Å²) in [6.07, 6.45) is -5.42. The van der Waals surface area contributed by atoms with E-state index in [0.29, 0.717) is 10.6 Å². The maximum Gasteiger partial charge on any atom is 0.471 e. The zero-order valence-corrected chi connectivity index (χ0v) is 10.1. The largest absolute Gasteiger partial charge is 0.480 e. The van der Waals surface area contributed by atoms with Crippen LogP contribution in [0.2, 0.25) is 5.02 Å². The number of halogens is 4. The molecule has 1 amide bonds. The molecule has 0 saturated heterocycles. The van der Waals surface area contributed by atoms with Crippen molar-refractivity contribution in [1.29, 1.82) is 0 Å². The Morgan fingerprint density at radius 2 is 2.00 bits per heavy atom. The summed E-state index contributed by atoms with van der Waals surface area (Å²) >= 11 is 5.67. The van der Waals surface area contributed by atoms with Gasteiger partial charge in [-0.15, -0.1) is 0 Å². The number of hydrogen-bond donors (Lipinski definition) is 2. The zero-order valence-electron chi connectivity index (χ0n) is 9.37. The van der Waals surface area contributed by atoms with Gasteiger partial charge < -0.3 is 10.4 Å². The number of amides is 1. The SMILES string of the molecule is O=C(O)[C@@H](Cc1cccc(Cl)c1)NC(=O)C(F)(F)F. The summed E-state index contributed by atoms with van der Waals surface area (Å²) in [7, 11) is 0. The molecule has 8 heteroatoms. The van der Waals surface area contributed by atoms with E-state index in [1.807, 2.05) is 0 Å². The van der Waals surface area contributed by atoms with E-state index in [0.717, 1.165) is 0 Å². The van der Waals surface area contributed by atoms with Gasteiger partial charge in [-0.1, -0.05) is 23.7 Å². The third-order valence-electron chi connectivity index (χ3n) is 2.19. The van der Waals surface area contributed by atoms with E-state index in [2.05, 4.69) is 0 Å². The van der Waals surface area contributed by atoms with Crippen LogP contribution in [0.1, 0.15) is 5.56 Å².